The third-order valence-corrected chi connectivity index (χ3v) is 4.13. The van der Waals surface area contributed by atoms with Crippen LogP contribution < -0.4 is 5.32 Å². The highest BCUT2D eigenvalue weighted by Crippen LogP contribution is 2.22. The molecule has 0 spiro atoms. The molecule has 0 unspecified atom stereocenters. The average Bonchev–Trinajstić information content (AvgIpc) is 2.36. The highest BCUT2D eigenvalue weighted by Gasteiger charge is 2.24. The summed E-state index contributed by atoms with van der Waals surface area (Å²) in [5, 5.41) is 5.10. The Morgan fingerprint density at radius 3 is 2.84 bits per heavy atom. The molecule has 0 radical (unpaired) electrons. The number of likely N-dealkylation sites (N-methyl/N-ethyl adjacent to an activating group) is 1. The summed E-state index contributed by atoms with van der Waals surface area (Å²) in [6, 6.07) is 10.9. The van der Waals surface area contributed by atoms with E-state index in [2.05, 4.69) is 34.3 Å². The number of hydrogen-bond acceptors (Lipinski definition) is 3. The third-order valence-electron chi connectivity index (χ3n) is 3.81. The van der Waals surface area contributed by atoms with Crippen molar-refractivity contribution in [1.29, 1.82) is 0 Å². The van der Waals surface area contributed by atoms with E-state index in [4.69, 9.17) is 11.6 Å². The average molecular weight is 276 g/mol. The Hall–Kier alpha value is -1.16. The molecule has 1 aliphatic rings. The van der Waals surface area contributed by atoms with Crippen LogP contribution >= 0.6 is 11.6 Å². The first kappa shape index (κ1) is 12.9. The maximum absolute atomic E-state index is 6.32. The summed E-state index contributed by atoms with van der Waals surface area (Å²) in [5.41, 5.74) is 2.08. The molecule has 1 fully saturated rings. The van der Waals surface area contributed by atoms with Crippen LogP contribution in [0.3, 0.4) is 0 Å². The zero-order valence-corrected chi connectivity index (χ0v) is 11.8. The first-order valence-electron chi connectivity index (χ1n) is 6.77. The van der Waals surface area contributed by atoms with E-state index in [1.165, 1.54) is 0 Å². The minimum absolute atomic E-state index is 0.629. The molecule has 1 aromatic carbocycles. The lowest BCUT2D eigenvalue weighted by molar-refractivity contribution is 0.145. The smallest absolute Gasteiger partial charge is 0.134 e. The van der Waals surface area contributed by atoms with Crippen LogP contribution in [-0.4, -0.2) is 35.6 Å². The van der Waals surface area contributed by atoms with Crippen molar-refractivity contribution in [3.05, 3.63) is 41.0 Å². The molecule has 3 rings (SSSR count). The van der Waals surface area contributed by atoms with Crippen LogP contribution in [0, 0.1) is 0 Å². The molecule has 0 aliphatic carbocycles. The largest absolute Gasteiger partial charge is 0.314 e. The Balaban J connectivity index is 1.88. The predicted octanol–water partition coefficient (Wildman–Crippen LogP) is 2.68. The minimum atomic E-state index is 0.629. The second kappa shape index (κ2) is 5.45. The third kappa shape index (κ3) is 2.59. The Morgan fingerprint density at radius 2 is 2.16 bits per heavy atom. The van der Waals surface area contributed by atoms with Crippen molar-refractivity contribution in [1.82, 2.24) is 15.2 Å². The highest BCUT2D eigenvalue weighted by atomic mass is 35.5. The van der Waals surface area contributed by atoms with Gasteiger partial charge in [0.1, 0.15) is 5.15 Å². The second-order valence-electron chi connectivity index (χ2n) is 5.01. The fourth-order valence-corrected chi connectivity index (χ4v) is 2.70. The zero-order valence-electron chi connectivity index (χ0n) is 11.1. The molecule has 0 bridgehead atoms. The van der Waals surface area contributed by atoms with E-state index in [9.17, 15) is 0 Å². The molecule has 1 aromatic heterocycles. The summed E-state index contributed by atoms with van der Waals surface area (Å²) < 4.78 is 0. The second-order valence-corrected chi connectivity index (χ2v) is 5.36. The van der Waals surface area contributed by atoms with Crippen molar-refractivity contribution in [2.75, 3.05) is 19.6 Å². The molecule has 2 aromatic rings. The van der Waals surface area contributed by atoms with Gasteiger partial charge < -0.3 is 5.32 Å². The van der Waals surface area contributed by atoms with Gasteiger partial charge >= 0.3 is 0 Å². The van der Waals surface area contributed by atoms with Crippen molar-refractivity contribution in [3.8, 4) is 0 Å². The van der Waals surface area contributed by atoms with Gasteiger partial charge in [-0.05, 0) is 18.7 Å². The van der Waals surface area contributed by atoms with Crippen molar-refractivity contribution >= 4 is 22.5 Å². The number of pyridine rings is 1. The van der Waals surface area contributed by atoms with Gasteiger partial charge in [0.2, 0.25) is 0 Å². The van der Waals surface area contributed by atoms with E-state index in [0.29, 0.717) is 11.2 Å². The first-order chi connectivity index (χ1) is 9.28. The summed E-state index contributed by atoms with van der Waals surface area (Å²) in [6.07, 6.45) is 0. The fourth-order valence-electron chi connectivity index (χ4n) is 2.50. The number of nitrogens with one attached hydrogen (secondary N) is 1. The summed E-state index contributed by atoms with van der Waals surface area (Å²) in [5.74, 6) is 0. The lowest BCUT2D eigenvalue weighted by Crippen LogP contribution is -2.56. The quantitative estimate of drug-likeness (QED) is 0.870. The van der Waals surface area contributed by atoms with Crippen LogP contribution in [-0.2, 0) is 6.54 Å². The van der Waals surface area contributed by atoms with E-state index in [-0.39, 0.29) is 0 Å². The molecular formula is C15H18ClN3. The number of nitrogens with zero attached hydrogens (tertiary/aromatic N) is 2. The maximum Gasteiger partial charge on any atom is 0.134 e. The zero-order chi connectivity index (χ0) is 13.2. The van der Waals surface area contributed by atoms with Crippen molar-refractivity contribution in [3.63, 3.8) is 0 Å². The van der Waals surface area contributed by atoms with Gasteiger partial charge in [0.15, 0.2) is 0 Å². The van der Waals surface area contributed by atoms with Crippen molar-refractivity contribution in [2.24, 2.45) is 0 Å². The standard InChI is InChI=1S/C15H18ClN3/c1-2-19(13-8-17-9-13)10-12-7-11-5-3-4-6-14(11)18-15(12)16/h3-7,13,17H,2,8-10H2,1H3. The number of aromatic nitrogens is 1. The lowest BCUT2D eigenvalue weighted by Gasteiger charge is -2.37. The molecule has 4 heteroatoms. The van der Waals surface area contributed by atoms with E-state index in [1.54, 1.807) is 0 Å². The van der Waals surface area contributed by atoms with E-state index in [0.717, 1.165) is 42.6 Å². The summed E-state index contributed by atoms with van der Waals surface area (Å²) >= 11 is 6.32. The molecule has 19 heavy (non-hydrogen) atoms. The monoisotopic (exact) mass is 275 g/mol. The fraction of sp³-hybridized carbons (Fsp3) is 0.400. The molecule has 3 nitrogen and oxygen atoms in total. The molecule has 1 aliphatic heterocycles. The molecule has 100 valence electrons. The van der Waals surface area contributed by atoms with Crippen LogP contribution in [0.2, 0.25) is 5.15 Å². The molecule has 2 heterocycles. The van der Waals surface area contributed by atoms with Gasteiger partial charge in [-0.25, -0.2) is 4.98 Å². The van der Waals surface area contributed by atoms with Crippen molar-refractivity contribution < 1.29 is 0 Å². The number of benzene rings is 1. The Bertz CT molecular complexity index is 581. The van der Waals surface area contributed by atoms with E-state index < -0.39 is 0 Å². The number of hydrogen-bond donors (Lipinski definition) is 1. The van der Waals surface area contributed by atoms with Gasteiger partial charge in [0, 0.05) is 36.6 Å². The summed E-state index contributed by atoms with van der Waals surface area (Å²) in [7, 11) is 0. The summed E-state index contributed by atoms with van der Waals surface area (Å²) in [4.78, 5) is 6.94. The van der Waals surface area contributed by atoms with Gasteiger partial charge in [-0.2, -0.15) is 0 Å². The number of rotatable bonds is 4. The molecule has 0 amide bonds. The van der Waals surface area contributed by atoms with Crippen LogP contribution in [0.1, 0.15) is 12.5 Å². The Kier molecular flexibility index (Phi) is 3.69. The van der Waals surface area contributed by atoms with Gasteiger partial charge in [0.05, 0.1) is 5.52 Å². The molecule has 1 saturated heterocycles. The van der Waals surface area contributed by atoms with E-state index in [1.807, 2.05) is 18.2 Å². The predicted molar refractivity (Wildman–Crippen MR) is 79.5 cm³/mol. The SMILES string of the molecule is CCN(Cc1cc2ccccc2nc1Cl)C1CNC1. The van der Waals surface area contributed by atoms with Gasteiger partial charge in [-0.15, -0.1) is 0 Å². The van der Waals surface area contributed by atoms with Gasteiger partial charge in [-0.1, -0.05) is 36.7 Å². The maximum atomic E-state index is 6.32. The Morgan fingerprint density at radius 1 is 1.37 bits per heavy atom. The van der Waals surface area contributed by atoms with E-state index >= 15 is 0 Å². The molecule has 1 N–H and O–H groups in total. The van der Waals surface area contributed by atoms with Gasteiger partial charge in [-0.3, -0.25) is 4.90 Å². The number of halogens is 1. The van der Waals surface area contributed by atoms with Crippen LogP contribution in [0.4, 0.5) is 0 Å². The number of para-hydroxylation sites is 1. The topological polar surface area (TPSA) is 28.2 Å². The first-order valence-corrected chi connectivity index (χ1v) is 7.14. The lowest BCUT2D eigenvalue weighted by atomic mass is 10.1. The normalized spacial score (nSPS) is 15.9. The summed E-state index contributed by atoms with van der Waals surface area (Å²) in [6.45, 7) is 6.26. The van der Waals surface area contributed by atoms with Crippen LogP contribution in [0.25, 0.3) is 10.9 Å². The molecule has 0 atom stereocenters. The van der Waals surface area contributed by atoms with Gasteiger partial charge in [0.25, 0.3) is 0 Å². The number of fused-ring (bicyclic) bond motifs is 1. The van der Waals surface area contributed by atoms with Crippen LogP contribution in [0.15, 0.2) is 30.3 Å². The molecular weight excluding hydrogens is 258 g/mol. The highest BCUT2D eigenvalue weighted by molar-refractivity contribution is 6.30. The van der Waals surface area contributed by atoms with Crippen LogP contribution in [0.5, 0.6) is 0 Å². The van der Waals surface area contributed by atoms with Crippen molar-refractivity contribution in [2.45, 2.75) is 19.5 Å². The minimum Gasteiger partial charge on any atom is -0.314 e. The Labute approximate surface area is 118 Å². The molecule has 0 saturated carbocycles.